The van der Waals surface area contributed by atoms with Gasteiger partial charge in [0.05, 0.1) is 12.2 Å². The van der Waals surface area contributed by atoms with Crippen LogP contribution in [-0.4, -0.2) is 23.4 Å². The SMILES string of the molecule is CCCCOP(=O)(O)COC(C)(C)C. The Balaban J connectivity index is 3.78. The fourth-order valence-electron chi connectivity index (χ4n) is 0.664. The average Bonchev–Trinajstić information content (AvgIpc) is 2.00. The first-order chi connectivity index (χ1) is 6.27. The Kier molecular flexibility index (Phi) is 5.91. The minimum absolute atomic E-state index is 0.236. The summed E-state index contributed by atoms with van der Waals surface area (Å²) in [5.41, 5.74) is -0.410. The number of unbranched alkanes of at least 4 members (excludes halogenated alkanes) is 1. The molecule has 0 aliphatic carbocycles. The van der Waals surface area contributed by atoms with Crippen molar-refractivity contribution in [2.24, 2.45) is 0 Å². The molecule has 0 aromatic heterocycles. The molecule has 0 fully saturated rings. The van der Waals surface area contributed by atoms with Crippen molar-refractivity contribution in [2.45, 2.75) is 46.1 Å². The zero-order chi connectivity index (χ0) is 11.2. The number of hydrogen-bond acceptors (Lipinski definition) is 3. The van der Waals surface area contributed by atoms with Crippen LogP contribution in [0.25, 0.3) is 0 Å². The Bertz CT molecular complexity index is 197. The standard InChI is InChI=1S/C9H21O4P/c1-5-6-7-13-14(10,11)8-12-9(2,3)4/h5-8H2,1-4H3,(H,10,11). The van der Waals surface area contributed by atoms with E-state index in [1.165, 1.54) is 0 Å². The highest BCUT2D eigenvalue weighted by atomic mass is 31.2. The van der Waals surface area contributed by atoms with Gasteiger partial charge in [0.25, 0.3) is 0 Å². The van der Waals surface area contributed by atoms with Crippen molar-refractivity contribution in [3.05, 3.63) is 0 Å². The van der Waals surface area contributed by atoms with E-state index in [1.807, 2.05) is 27.7 Å². The van der Waals surface area contributed by atoms with Gasteiger partial charge in [-0.15, -0.1) is 0 Å². The molecule has 1 unspecified atom stereocenters. The van der Waals surface area contributed by atoms with Crippen LogP contribution in [-0.2, 0) is 13.8 Å². The quantitative estimate of drug-likeness (QED) is 0.556. The summed E-state index contributed by atoms with van der Waals surface area (Å²) < 4.78 is 21.4. The Morgan fingerprint density at radius 3 is 2.36 bits per heavy atom. The molecule has 0 amide bonds. The molecule has 0 aliphatic heterocycles. The molecule has 86 valence electrons. The van der Waals surface area contributed by atoms with Gasteiger partial charge in [-0.05, 0) is 27.2 Å². The molecule has 0 spiro atoms. The monoisotopic (exact) mass is 224 g/mol. The fourth-order valence-corrected chi connectivity index (χ4v) is 1.70. The van der Waals surface area contributed by atoms with Gasteiger partial charge < -0.3 is 14.2 Å². The summed E-state index contributed by atoms with van der Waals surface area (Å²) in [6.07, 6.45) is 1.50. The fraction of sp³-hybridized carbons (Fsp3) is 1.00. The molecule has 0 aromatic rings. The zero-order valence-corrected chi connectivity index (χ0v) is 10.3. The molecule has 0 radical (unpaired) electrons. The summed E-state index contributed by atoms with van der Waals surface area (Å²) in [5, 5.41) is 0. The Labute approximate surface area is 86.1 Å². The van der Waals surface area contributed by atoms with E-state index in [9.17, 15) is 9.46 Å². The van der Waals surface area contributed by atoms with Crippen molar-refractivity contribution >= 4 is 7.60 Å². The normalized spacial score (nSPS) is 16.6. The number of ether oxygens (including phenoxy) is 1. The third-order valence-electron chi connectivity index (χ3n) is 1.45. The summed E-state index contributed by atoms with van der Waals surface area (Å²) in [7, 11) is -3.54. The second kappa shape index (κ2) is 5.86. The van der Waals surface area contributed by atoms with Crippen molar-refractivity contribution in [1.29, 1.82) is 0 Å². The van der Waals surface area contributed by atoms with Gasteiger partial charge in [-0.3, -0.25) is 4.57 Å². The predicted octanol–water partition coefficient (Wildman–Crippen LogP) is 2.76. The van der Waals surface area contributed by atoms with Gasteiger partial charge in [-0.2, -0.15) is 0 Å². The number of rotatable bonds is 6. The topological polar surface area (TPSA) is 55.8 Å². The van der Waals surface area contributed by atoms with Gasteiger partial charge in [-0.25, -0.2) is 0 Å². The molecule has 4 nitrogen and oxygen atoms in total. The molecule has 1 atom stereocenters. The van der Waals surface area contributed by atoms with Gasteiger partial charge in [-0.1, -0.05) is 13.3 Å². The Morgan fingerprint density at radius 1 is 1.36 bits per heavy atom. The molecular formula is C9H21O4P. The van der Waals surface area contributed by atoms with E-state index >= 15 is 0 Å². The Hall–Kier alpha value is 0.110. The van der Waals surface area contributed by atoms with Gasteiger partial charge in [0.2, 0.25) is 0 Å². The summed E-state index contributed by atoms with van der Waals surface area (Å²) >= 11 is 0. The summed E-state index contributed by atoms with van der Waals surface area (Å²) in [6.45, 7) is 7.81. The van der Waals surface area contributed by atoms with E-state index in [0.29, 0.717) is 6.61 Å². The van der Waals surface area contributed by atoms with E-state index in [4.69, 9.17) is 9.26 Å². The van der Waals surface area contributed by atoms with Crippen molar-refractivity contribution in [3.63, 3.8) is 0 Å². The highest BCUT2D eigenvalue weighted by Gasteiger charge is 2.23. The highest BCUT2D eigenvalue weighted by Crippen LogP contribution is 2.42. The van der Waals surface area contributed by atoms with Crippen LogP contribution in [0.1, 0.15) is 40.5 Å². The van der Waals surface area contributed by atoms with Crippen molar-refractivity contribution in [3.8, 4) is 0 Å². The van der Waals surface area contributed by atoms with Crippen LogP contribution in [0, 0.1) is 0 Å². The minimum atomic E-state index is -3.54. The van der Waals surface area contributed by atoms with Crippen molar-refractivity contribution in [2.75, 3.05) is 13.0 Å². The summed E-state index contributed by atoms with van der Waals surface area (Å²) in [5.74, 6) is 0. The molecule has 14 heavy (non-hydrogen) atoms. The smallest absolute Gasteiger partial charge is 0.353 e. The average molecular weight is 224 g/mol. The third-order valence-corrected chi connectivity index (χ3v) is 2.49. The first-order valence-corrected chi connectivity index (χ1v) is 6.63. The predicted molar refractivity (Wildman–Crippen MR) is 56.4 cm³/mol. The van der Waals surface area contributed by atoms with Crippen LogP contribution in [0.2, 0.25) is 0 Å². The molecule has 0 heterocycles. The molecule has 0 rings (SSSR count). The van der Waals surface area contributed by atoms with E-state index in [2.05, 4.69) is 0 Å². The second-order valence-corrected chi connectivity index (χ2v) is 6.00. The molecular weight excluding hydrogens is 203 g/mol. The van der Waals surface area contributed by atoms with E-state index in [0.717, 1.165) is 12.8 Å². The highest BCUT2D eigenvalue weighted by molar-refractivity contribution is 7.52. The van der Waals surface area contributed by atoms with E-state index in [1.54, 1.807) is 0 Å². The van der Waals surface area contributed by atoms with Crippen molar-refractivity contribution < 1.29 is 18.7 Å². The molecule has 0 saturated heterocycles. The Morgan fingerprint density at radius 2 is 1.93 bits per heavy atom. The molecule has 1 N–H and O–H groups in total. The molecule has 0 aromatic carbocycles. The molecule has 0 bridgehead atoms. The lowest BCUT2D eigenvalue weighted by atomic mass is 10.2. The van der Waals surface area contributed by atoms with Crippen LogP contribution in [0.3, 0.4) is 0 Å². The molecule has 0 saturated carbocycles. The first kappa shape index (κ1) is 14.1. The van der Waals surface area contributed by atoms with Crippen LogP contribution in [0.15, 0.2) is 0 Å². The molecule has 5 heteroatoms. The lowest BCUT2D eigenvalue weighted by molar-refractivity contribution is 0.0146. The largest absolute Gasteiger partial charge is 0.363 e. The van der Waals surface area contributed by atoms with Crippen LogP contribution < -0.4 is 0 Å². The number of hydrogen-bond donors (Lipinski definition) is 1. The maximum atomic E-state index is 11.3. The van der Waals surface area contributed by atoms with Crippen molar-refractivity contribution in [1.82, 2.24) is 0 Å². The maximum absolute atomic E-state index is 11.3. The first-order valence-electron chi connectivity index (χ1n) is 4.87. The molecule has 0 aliphatic rings. The maximum Gasteiger partial charge on any atom is 0.353 e. The summed E-state index contributed by atoms with van der Waals surface area (Å²) in [6, 6.07) is 0. The summed E-state index contributed by atoms with van der Waals surface area (Å²) in [4.78, 5) is 9.31. The van der Waals surface area contributed by atoms with E-state index in [-0.39, 0.29) is 6.35 Å². The zero-order valence-electron chi connectivity index (χ0n) is 9.45. The second-order valence-electron chi connectivity index (χ2n) is 4.21. The van der Waals surface area contributed by atoms with Crippen LogP contribution >= 0.6 is 7.60 Å². The van der Waals surface area contributed by atoms with Gasteiger partial charge in [0, 0.05) is 0 Å². The minimum Gasteiger partial charge on any atom is -0.363 e. The lowest BCUT2D eigenvalue weighted by Crippen LogP contribution is -2.20. The third kappa shape index (κ3) is 8.70. The van der Waals surface area contributed by atoms with Crippen LogP contribution in [0.5, 0.6) is 0 Å². The van der Waals surface area contributed by atoms with E-state index < -0.39 is 13.2 Å². The van der Waals surface area contributed by atoms with Gasteiger partial charge in [0.1, 0.15) is 6.35 Å². The lowest BCUT2D eigenvalue weighted by Gasteiger charge is -2.21. The van der Waals surface area contributed by atoms with Crippen LogP contribution in [0.4, 0.5) is 0 Å². The van der Waals surface area contributed by atoms with Gasteiger partial charge >= 0.3 is 7.60 Å². The van der Waals surface area contributed by atoms with Gasteiger partial charge in [0.15, 0.2) is 0 Å².